The molecule has 114 valence electrons. The second-order valence-electron chi connectivity index (χ2n) is 5.15. The van der Waals surface area contributed by atoms with Crippen molar-refractivity contribution in [2.24, 2.45) is 5.92 Å². The number of nitrogens with zero attached hydrogens (tertiary/aromatic N) is 2. The average molecular weight is 346 g/mol. The summed E-state index contributed by atoms with van der Waals surface area (Å²) in [5.74, 6) is 0.510. The van der Waals surface area contributed by atoms with Gasteiger partial charge in [-0.15, -0.1) is 0 Å². The van der Waals surface area contributed by atoms with Gasteiger partial charge in [-0.2, -0.15) is 5.10 Å². The third-order valence-electron chi connectivity index (χ3n) is 3.69. The first kappa shape index (κ1) is 15.9. The zero-order valence-electron chi connectivity index (χ0n) is 12.3. The van der Waals surface area contributed by atoms with E-state index in [0.29, 0.717) is 12.5 Å². The fourth-order valence-electron chi connectivity index (χ4n) is 2.64. The average Bonchev–Trinajstić information content (AvgIpc) is 3.09. The molecule has 5 nitrogen and oxygen atoms in total. The van der Waals surface area contributed by atoms with Crippen molar-refractivity contribution in [2.45, 2.75) is 32.4 Å². The predicted octanol–water partition coefficient (Wildman–Crippen LogP) is 2.37. The van der Waals surface area contributed by atoms with Crippen molar-refractivity contribution in [2.75, 3.05) is 33.5 Å². The molecule has 6 heteroatoms. The summed E-state index contributed by atoms with van der Waals surface area (Å²) in [6.45, 7) is 6.32. The van der Waals surface area contributed by atoms with E-state index in [2.05, 4.69) is 33.3 Å². The molecule has 0 amide bonds. The number of hydrogen-bond donors (Lipinski definition) is 1. The molecule has 0 saturated carbocycles. The highest BCUT2D eigenvalue weighted by atomic mass is 79.9. The molecular formula is C14H24BrN3O2. The van der Waals surface area contributed by atoms with E-state index in [1.165, 1.54) is 5.69 Å². The second kappa shape index (κ2) is 8.12. The summed E-state index contributed by atoms with van der Waals surface area (Å²) in [4.78, 5) is 0. The van der Waals surface area contributed by atoms with Crippen LogP contribution in [0.1, 0.15) is 31.5 Å². The van der Waals surface area contributed by atoms with Gasteiger partial charge < -0.3 is 14.8 Å². The molecule has 2 rings (SSSR count). The van der Waals surface area contributed by atoms with Crippen molar-refractivity contribution in [1.82, 2.24) is 15.1 Å². The Morgan fingerprint density at radius 2 is 2.50 bits per heavy atom. The molecule has 1 aliphatic rings. The first-order chi connectivity index (χ1) is 9.77. The molecule has 0 aromatic carbocycles. The van der Waals surface area contributed by atoms with Crippen molar-refractivity contribution in [3.05, 3.63) is 16.4 Å². The Bertz CT molecular complexity index is 405. The van der Waals surface area contributed by atoms with Crippen LogP contribution in [0.15, 0.2) is 10.7 Å². The van der Waals surface area contributed by atoms with E-state index in [-0.39, 0.29) is 6.04 Å². The van der Waals surface area contributed by atoms with Crippen LogP contribution in [0.4, 0.5) is 0 Å². The van der Waals surface area contributed by atoms with Crippen LogP contribution in [0.3, 0.4) is 0 Å². The highest BCUT2D eigenvalue weighted by Crippen LogP contribution is 2.33. The molecule has 1 saturated heterocycles. The van der Waals surface area contributed by atoms with Gasteiger partial charge in [0.1, 0.15) is 0 Å². The molecule has 1 fully saturated rings. The Morgan fingerprint density at radius 3 is 3.15 bits per heavy atom. The Balaban J connectivity index is 2.19. The van der Waals surface area contributed by atoms with Gasteiger partial charge in [-0.25, -0.2) is 0 Å². The lowest BCUT2D eigenvalue weighted by Crippen LogP contribution is -2.32. The normalized spacial score (nSPS) is 20.4. The Hall–Kier alpha value is -0.430. The molecular weight excluding hydrogens is 322 g/mol. The van der Waals surface area contributed by atoms with E-state index in [1.807, 2.05) is 10.9 Å². The molecule has 0 aliphatic carbocycles. The van der Waals surface area contributed by atoms with Crippen molar-refractivity contribution < 1.29 is 9.47 Å². The number of nitrogens with one attached hydrogen (secondary N) is 1. The van der Waals surface area contributed by atoms with E-state index in [4.69, 9.17) is 9.47 Å². The molecule has 1 aromatic heterocycles. The van der Waals surface area contributed by atoms with Gasteiger partial charge in [-0.3, -0.25) is 4.68 Å². The first-order valence-electron chi connectivity index (χ1n) is 7.29. The van der Waals surface area contributed by atoms with Gasteiger partial charge in [0, 0.05) is 19.6 Å². The third-order valence-corrected chi connectivity index (χ3v) is 4.30. The minimum absolute atomic E-state index is 0.284. The van der Waals surface area contributed by atoms with E-state index in [9.17, 15) is 0 Å². The summed E-state index contributed by atoms with van der Waals surface area (Å²) in [6.07, 6.45) is 4.10. The topological polar surface area (TPSA) is 48.3 Å². The molecule has 2 unspecified atom stereocenters. The summed E-state index contributed by atoms with van der Waals surface area (Å²) in [5, 5.41) is 8.12. The smallest absolute Gasteiger partial charge is 0.0700 e. The van der Waals surface area contributed by atoms with Crippen LogP contribution >= 0.6 is 15.9 Å². The van der Waals surface area contributed by atoms with Crippen LogP contribution in [-0.2, 0) is 16.0 Å². The van der Waals surface area contributed by atoms with Gasteiger partial charge in [0.25, 0.3) is 0 Å². The Kier molecular flexibility index (Phi) is 6.48. The third kappa shape index (κ3) is 3.81. The first-order valence-corrected chi connectivity index (χ1v) is 8.08. The van der Waals surface area contributed by atoms with Crippen molar-refractivity contribution in [3.8, 4) is 0 Å². The molecule has 1 aromatic rings. The van der Waals surface area contributed by atoms with Gasteiger partial charge in [0.15, 0.2) is 0 Å². The lowest BCUT2D eigenvalue weighted by atomic mass is 9.96. The maximum Gasteiger partial charge on any atom is 0.0700 e. The number of aromatic nitrogens is 2. The Labute approximate surface area is 129 Å². The zero-order chi connectivity index (χ0) is 14.4. The molecule has 2 heterocycles. The molecule has 0 radical (unpaired) electrons. The molecule has 20 heavy (non-hydrogen) atoms. The molecule has 2 atom stereocenters. The van der Waals surface area contributed by atoms with Crippen LogP contribution in [0.25, 0.3) is 0 Å². The van der Waals surface area contributed by atoms with Crippen molar-refractivity contribution in [3.63, 3.8) is 0 Å². The summed E-state index contributed by atoms with van der Waals surface area (Å²) < 4.78 is 13.8. The van der Waals surface area contributed by atoms with Crippen LogP contribution in [0.5, 0.6) is 0 Å². The van der Waals surface area contributed by atoms with Crippen molar-refractivity contribution >= 4 is 15.9 Å². The van der Waals surface area contributed by atoms with E-state index in [1.54, 1.807) is 7.11 Å². The van der Waals surface area contributed by atoms with E-state index >= 15 is 0 Å². The highest BCUT2D eigenvalue weighted by Gasteiger charge is 2.30. The van der Waals surface area contributed by atoms with Crippen LogP contribution < -0.4 is 5.32 Å². The van der Waals surface area contributed by atoms with E-state index in [0.717, 1.165) is 43.6 Å². The predicted molar refractivity (Wildman–Crippen MR) is 81.8 cm³/mol. The summed E-state index contributed by atoms with van der Waals surface area (Å²) in [5.41, 5.74) is 1.21. The lowest BCUT2D eigenvalue weighted by molar-refractivity contribution is 0.170. The monoisotopic (exact) mass is 345 g/mol. The summed E-state index contributed by atoms with van der Waals surface area (Å²) >= 11 is 3.64. The van der Waals surface area contributed by atoms with Crippen LogP contribution in [0, 0.1) is 5.92 Å². The Morgan fingerprint density at radius 1 is 1.65 bits per heavy atom. The highest BCUT2D eigenvalue weighted by molar-refractivity contribution is 9.10. The van der Waals surface area contributed by atoms with Crippen molar-refractivity contribution in [1.29, 1.82) is 0 Å². The van der Waals surface area contributed by atoms with Gasteiger partial charge in [-0.1, -0.05) is 6.92 Å². The van der Waals surface area contributed by atoms with Gasteiger partial charge in [0.05, 0.1) is 42.2 Å². The fraction of sp³-hybridized carbons (Fsp3) is 0.786. The van der Waals surface area contributed by atoms with Crippen LogP contribution in [-0.4, -0.2) is 43.3 Å². The van der Waals surface area contributed by atoms with Crippen LogP contribution in [0.2, 0.25) is 0 Å². The number of ether oxygens (including phenoxy) is 2. The standard InChI is InChI=1S/C14H24BrN3O2/c1-3-5-16-13(11-4-7-20-10-11)14-12(15)9-17-18(14)6-8-19-2/h9,11,13,16H,3-8,10H2,1-2H3. The van der Waals surface area contributed by atoms with Gasteiger partial charge in [-0.05, 0) is 35.3 Å². The maximum absolute atomic E-state index is 5.57. The second-order valence-corrected chi connectivity index (χ2v) is 6.00. The molecule has 0 spiro atoms. The summed E-state index contributed by atoms with van der Waals surface area (Å²) in [6, 6.07) is 0.284. The molecule has 1 aliphatic heterocycles. The minimum Gasteiger partial charge on any atom is -0.383 e. The lowest BCUT2D eigenvalue weighted by Gasteiger charge is -2.25. The molecule has 1 N–H and O–H groups in total. The minimum atomic E-state index is 0.284. The van der Waals surface area contributed by atoms with Gasteiger partial charge in [0.2, 0.25) is 0 Å². The SMILES string of the molecule is CCCNC(c1c(Br)cnn1CCOC)C1CCOC1. The van der Waals surface area contributed by atoms with E-state index < -0.39 is 0 Å². The molecule has 0 bridgehead atoms. The largest absolute Gasteiger partial charge is 0.383 e. The van der Waals surface area contributed by atoms with Gasteiger partial charge >= 0.3 is 0 Å². The zero-order valence-corrected chi connectivity index (χ0v) is 13.9. The quantitative estimate of drug-likeness (QED) is 0.785. The number of halogens is 1. The maximum atomic E-state index is 5.57. The number of methoxy groups -OCH3 is 1. The summed E-state index contributed by atoms with van der Waals surface area (Å²) in [7, 11) is 1.72. The fourth-order valence-corrected chi connectivity index (χ4v) is 3.18. The number of rotatable bonds is 8. The number of hydrogen-bond acceptors (Lipinski definition) is 4.